The molecule has 4 rings (SSSR count). The van der Waals surface area contributed by atoms with Gasteiger partial charge in [-0.05, 0) is 62.3 Å². The van der Waals surface area contributed by atoms with Gasteiger partial charge in [-0.25, -0.2) is 0 Å². The fraction of sp³-hybridized carbons (Fsp3) is 0.714. The predicted octanol–water partition coefficient (Wildman–Crippen LogP) is 4.66. The fourth-order valence-corrected chi connectivity index (χ4v) is 6.39. The zero-order valence-corrected chi connectivity index (χ0v) is 20.8. The Morgan fingerprint density at radius 3 is 2.69 bits per heavy atom. The van der Waals surface area contributed by atoms with E-state index >= 15 is 0 Å². The molecule has 7 nitrogen and oxygen atoms in total. The Hall–Kier alpha value is -1.96. The van der Waals surface area contributed by atoms with E-state index in [1.54, 1.807) is 0 Å². The normalized spacial score (nSPS) is 32.2. The van der Waals surface area contributed by atoms with Gasteiger partial charge < -0.3 is 23.7 Å². The molecule has 0 bridgehead atoms. The maximum absolute atomic E-state index is 12.8. The molecule has 35 heavy (non-hydrogen) atoms. The molecule has 2 saturated carbocycles. The first-order chi connectivity index (χ1) is 17.2. The van der Waals surface area contributed by atoms with Crippen molar-refractivity contribution in [3.63, 3.8) is 0 Å². The van der Waals surface area contributed by atoms with Crippen molar-refractivity contribution in [3.8, 4) is 0 Å². The molecule has 1 heterocycles. The number of fused-ring (bicyclic) bond motifs is 1. The minimum atomic E-state index is -0.329. The summed E-state index contributed by atoms with van der Waals surface area (Å²) in [4.78, 5) is 24.1. The molecule has 7 heteroatoms. The molecule has 0 amide bonds. The van der Waals surface area contributed by atoms with Crippen molar-refractivity contribution in [1.82, 2.24) is 0 Å². The molecule has 0 spiro atoms. The van der Waals surface area contributed by atoms with E-state index < -0.39 is 0 Å². The van der Waals surface area contributed by atoms with Crippen molar-refractivity contribution >= 4 is 12.4 Å². The first-order valence-electron chi connectivity index (χ1n) is 13.3. The Morgan fingerprint density at radius 2 is 1.94 bits per heavy atom. The van der Waals surface area contributed by atoms with Crippen LogP contribution in [-0.4, -0.2) is 51.3 Å². The summed E-state index contributed by atoms with van der Waals surface area (Å²) in [5.41, 5.74) is 1.19. The lowest BCUT2D eigenvalue weighted by atomic mass is 9.89. The molecular formula is C28H40O7. The number of rotatable bonds is 13. The van der Waals surface area contributed by atoms with Crippen molar-refractivity contribution in [2.24, 2.45) is 23.7 Å². The highest BCUT2D eigenvalue weighted by Crippen LogP contribution is 2.54. The molecule has 1 unspecified atom stereocenters. The van der Waals surface area contributed by atoms with E-state index in [1.165, 1.54) is 12.7 Å². The molecule has 0 radical (unpaired) electrons. The summed E-state index contributed by atoms with van der Waals surface area (Å²) in [6.45, 7) is 2.66. The van der Waals surface area contributed by atoms with Gasteiger partial charge in [-0.3, -0.25) is 9.59 Å². The predicted molar refractivity (Wildman–Crippen MR) is 129 cm³/mol. The van der Waals surface area contributed by atoms with Crippen LogP contribution in [0.2, 0.25) is 0 Å². The molecule has 1 aliphatic heterocycles. The van der Waals surface area contributed by atoms with E-state index in [0.29, 0.717) is 26.1 Å². The Kier molecular flexibility index (Phi) is 9.98. The van der Waals surface area contributed by atoms with Gasteiger partial charge in [0.05, 0.1) is 25.7 Å². The quantitative estimate of drug-likeness (QED) is 0.227. The van der Waals surface area contributed by atoms with Crippen LogP contribution in [0.25, 0.3) is 0 Å². The molecule has 7 atom stereocenters. The highest BCUT2D eigenvalue weighted by atomic mass is 16.7. The molecule has 2 aliphatic carbocycles. The van der Waals surface area contributed by atoms with Gasteiger partial charge in [-0.2, -0.15) is 0 Å². The van der Waals surface area contributed by atoms with Crippen LogP contribution in [0, 0.1) is 23.7 Å². The van der Waals surface area contributed by atoms with Gasteiger partial charge in [0.2, 0.25) is 0 Å². The third kappa shape index (κ3) is 6.83. The van der Waals surface area contributed by atoms with Gasteiger partial charge >= 0.3 is 5.97 Å². The Morgan fingerprint density at radius 1 is 1.09 bits per heavy atom. The number of unbranched alkanes of at least 4 members (excludes halogenated alkanes) is 2. The Labute approximate surface area is 208 Å². The average molecular weight is 489 g/mol. The van der Waals surface area contributed by atoms with Gasteiger partial charge in [0.15, 0.2) is 6.29 Å². The van der Waals surface area contributed by atoms with Crippen molar-refractivity contribution in [1.29, 1.82) is 0 Å². The van der Waals surface area contributed by atoms with Gasteiger partial charge in [0, 0.05) is 19.1 Å². The maximum atomic E-state index is 12.8. The third-order valence-corrected chi connectivity index (χ3v) is 8.00. The smallest absolute Gasteiger partial charge is 0.311 e. The molecule has 3 aliphatic rings. The van der Waals surface area contributed by atoms with E-state index in [-0.39, 0.29) is 48.1 Å². The van der Waals surface area contributed by atoms with Gasteiger partial charge in [-0.1, -0.05) is 43.2 Å². The molecule has 1 aromatic rings. The van der Waals surface area contributed by atoms with E-state index in [9.17, 15) is 9.59 Å². The van der Waals surface area contributed by atoms with Crippen molar-refractivity contribution in [2.75, 3.05) is 20.3 Å². The number of hydrogen-bond donors (Lipinski definition) is 0. The number of benzene rings is 1. The number of carbonyl (C=O) groups excluding carboxylic acids is 2. The standard InChI is InChI=1S/C28H40O7/c1-31-28(30)26-22-16-21(12-6-3-8-14-32-18-20-10-4-2-5-11-20)27(34-19-29)23(22)17-24(26)35-25-13-7-9-15-33-25/h2,4-5,10-11,19,21-27H,3,6-9,12-18H2,1H3/t21-,22-,23-,24-,25?,26+,27-/m1/s1. The van der Waals surface area contributed by atoms with Gasteiger partial charge in [-0.15, -0.1) is 0 Å². The highest BCUT2D eigenvalue weighted by Gasteiger charge is 2.58. The van der Waals surface area contributed by atoms with Crippen LogP contribution in [0.3, 0.4) is 0 Å². The second kappa shape index (κ2) is 13.4. The molecule has 1 aromatic carbocycles. The first kappa shape index (κ1) is 26.1. The lowest BCUT2D eigenvalue weighted by Crippen LogP contribution is -2.36. The minimum Gasteiger partial charge on any atom is -0.469 e. The number of esters is 1. The SMILES string of the molecule is COC(=O)[C@H]1[C@@H]2C[C@@H](CCCCCOCc3ccccc3)[C@@H](OC=O)[C@@H]2C[C@H]1OC1CCCCO1. The number of methoxy groups -OCH3 is 1. The zero-order valence-electron chi connectivity index (χ0n) is 20.8. The molecule has 0 aromatic heterocycles. The fourth-order valence-electron chi connectivity index (χ4n) is 6.39. The van der Waals surface area contributed by atoms with Crippen LogP contribution >= 0.6 is 0 Å². The second-order valence-corrected chi connectivity index (χ2v) is 10.2. The molecule has 3 fully saturated rings. The number of hydrogen-bond acceptors (Lipinski definition) is 7. The monoisotopic (exact) mass is 488 g/mol. The van der Waals surface area contributed by atoms with Crippen molar-refractivity contribution in [2.45, 2.75) is 82.9 Å². The topological polar surface area (TPSA) is 80.3 Å². The van der Waals surface area contributed by atoms with Crippen LogP contribution in [0.5, 0.6) is 0 Å². The van der Waals surface area contributed by atoms with Gasteiger partial charge in [0.1, 0.15) is 6.10 Å². The van der Waals surface area contributed by atoms with Crippen LogP contribution in [-0.2, 0) is 39.9 Å². The van der Waals surface area contributed by atoms with E-state index in [1.807, 2.05) is 18.2 Å². The summed E-state index contributed by atoms with van der Waals surface area (Å²) in [6.07, 6.45) is 7.97. The van der Waals surface area contributed by atoms with Crippen molar-refractivity contribution < 1.29 is 33.3 Å². The maximum Gasteiger partial charge on any atom is 0.311 e. The highest BCUT2D eigenvalue weighted by molar-refractivity contribution is 5.74. The van der Waals surface area contributed by atoms with E-state index in [2.05, 4.69) is 12.1 Å². The summed E-state index contributed by atoms with van der Waals surface area (Å²) < 4.78 is 28.6. The van der Waals surface area contributed by atoms with Gasteiger partial charge in [0.25, 0.3) is 6.47 Å². The lowest BCUT2D eigenvalue weighted by Gasteiger charge is -2.30. The number of carbonyl (C=O) groups is 2. The molecule has 1 saturated heterocycles. The summed E-state index contributed by atoms with van der Waals surface area (Å²) >= 11 is 0. The molecule has 194 valence electrons. The van der Waals surface area contributed by atoms with Crippen LogP contribution in [0.15, 0.2) is 30.3 Å². The summed E-state index contributed by atoms with van der Waals surface area (Å²) in [5.74, 6) is -0.0548. The first-order valence-corrected chi connectivity index (χ1v) is 13.3. The van der Waals surface area contributed by atoms with Crippen LogP contribution in [0.1, 0.15) is 63.4 Å². The third-order valence-electron chi connectivity index (χ3n) is 8.00. The van der Waals surface area contributed by atoms with Crippen LogP contribution < -0.4 is 0 Å². The minimum absolute atomic E-state index is 0.111. The zero-order chi connectivity index (χ0) is 24.5. The summed E-state index contributed by atoms with van der Waals surface area (Å²) in [5, 5.41) is 0. The summed E-state index contributed by atoms with van der Waals surface area (Å²) in [7, 11) is 1.44. The van der Waals surface area contributed by atoms with E-state index in [0.717, 1.165) is 58.0 Å². The lowest BCUT2D eigenvalue weighted by molar-refractivity contribution is -0.201. The second-order valence-electron chi connectivity index (χ2n) is 10.2. The molecular weight excluding hydrogens is 448 g/mol. The Bertz CT molecular complexity index is 779. The summed E-state index contributed by atoms with van der Waals surface area (Å²) in [6, 6.07) is 10.2. The average Bonchev–Trinajstić information content (AvgIpc) is 3.40. The van der Waals surface area contributed by atoms with E-state index in [4.69, 9.17) is 23.7 Å². The van der Waals surface area contributed by atoms with Crippen molar-refractivity contribution in [3.05, 3.63) is 35.9 Å². The molecule has 0 N–H and O–H groups in total. The van der Waals surface area contributed by atoms with Crippen LogP contribution in [0.4, 0.5) is 0 Å². The largest absolute Gasteiger partial charge is 0.469 e. The Balaban J connectivity index is 1.26. The number of ether oxygens (including phenoxy) is 5.